The molecule has 0 bridgehead atoms. The Morgan fingerprint density at radius 3 is 2.60 bits per heavy atom. The van der Waals surface area contributed by atoms with Crippen LogP contribution in [0.1, 0.15) is 19.3 Å². The summed E-state index contributed by atoms with van der Waals surface area (Å²) in [6.45, 7) is 0.626. The molecule has 0 aromatic rings. The van der Waals surface area contributed by atoms with Crippen molar-refractivity contribution < 1.29 is 22.0 Å². The predicted octanol–water partition coefficient (Wildman–Crippen LogP) is 0.999. The SMILES string of the molecule is O=S(=O)(C[C@H]1CCC1(F)F)N1CCCO1. The lowest BCUT2D eigenvalue weighted by Crippen LogP contribution is -2.45. The van der Waals surface area contributed by atoms with Crippen LogP contribution < -0.4 is 0 Å². The van der Waals surface area contributed by atoms with Crippen molar-refractivity contribution in [1.29, 1.82) is 0 Å². The van der Waals surface area contributed by atoms with Crippen LogP contribution in [0.4, 0.5) is 8.78 Å². The first-order chi connectivity index (χ1) is 6.92. The van der Waals surface area contributed by atoms with Gasteiger partial charge in [-0.25, -0.2) is 17.2 Å². The van der Waals surface area contributed by atoms with Crippen molar-refractivity contribution in [3.05, 3.63) is 0 Å². The van der Waals surface area contributed by atoms with Crippen LogP contribution in [-0.4, -0.2) is 37.7 Å². The molecule has 0 radical (unpaired) electrons. The second-order valence-corrected chi connectivity index (χ2v) is 5.89. The molecule has 2 fully saturated rings. The average Bonchev–Trinajstić information content (AvgIpc) is 2.66. The van der Waals surface area contributed by atoms with E-state index in [9.17, 15) is 17.2 Å². The van der Waals surface area contributed by atoms with E-state index in [0.717, 1.165) is 4.47 Å². The van der Waals surface area contributed by atoms with Gasteiger partial charge < -0.3 is 0 Å². The summed E-state index contributed by atoms with van der Waals surface area (Å²) in [7, 11) is -3.66. The van der Waals surface area contributed by atoms with Crippen LogP contribution >= 0.6 is 0 Å². The van der Waals surface area contributed by atoms with Gasteiger partial charge in [0.05, 0.1) is 12.4 Å². The maximum absolute atomic E-state index is 12.9. The van der Waals surface area contributed by atoms with E-state index < -0.39 is 27.6 Å². The van der Waals surface area contributed by atoms with Gasteiger partial charge >= 0.3 is 0 Å². The summed E-state index contributed by atoms with van der Waals surface area (Å²) in [5.41, 5.74) is 0. The minimum atomic E-state index is -3.66. The van der Waals surface area contributed by atoms with Crippen LogP contribution in [0.15, 0.2) is 0 Å². The van der Waals surface area contributed by atoms with Crippen LogP contribution in [0.25, 0.3) is 0 Å². The largest absolute Gasteiger partial charge is 0.284 e. The van der Waals surface area contributed by atoms with Gasteiger partial charge in [-0.05, 0) is 12.8 Å². The van der Waals surface area contributed by atoms with E-state index >= 15 is 0 Å². The second-order valence-electron chi connectivity index (χ2n) is 3.99. The van der Waals surface area contributed by atoms with Crippen LogP contribution in [0.2, 0.25) is 0 Å². The molecule has 7 heteroatoms. The highest BCUT2D eigenvalue weighted by atomic mass is 32.2. The first kappa shape index (κ1) is 11.2. The Labute approximate surface area is 87.2 Å². The summed E-state index contributed by atoms with van der Waals surface area (Å²) in [4.78, 5) is 4.86. The Kier molecular flexibility index (Phi) is 2.72. The molecule has 1 aliphatic heterocycles. The highest BCUT2D eigenvalue weighted by Crippen LogP contribution is 2.44. The molecule has 0 N–H and O–H groups in total. The predicted molar refractivity (Wildman–Crippen MR) is 48.7 cm³/mol. The number of hydroxylamine groups is 1. The number of hydrogen-bond donors (Lipinski definition) is 0. The van der Waals surface area contributed by atoms with Crippen LogP contribution in [0.5, 0.6) is 0 Å². The molecule has 1 saturated heterocycles. The fraction of sp³-hybridized carbons (Fsp3) is 1.00. The third kappa shape index (κ3) is 2.14. The summed E-state index contributed by atoms with van der Waals surface area (Å²) in [5.74, 6) is -4.35. The molecule has 2 rings (SSSR count). The second kappa shape index (κ2) is 3.64. The first-order valence-electron chi connectivity index (χ1n) is 4.93. The molecule has 0 spiro atoms. The topological polar surface area (TPSA) is 46.6 Å². The molecule has 1 heterocycles. The molecule has 15 heavy (non-hydrogen) atoms. The Morgan fingerprint density at radius 1 is 1.47 bits per heavy atom. The molecule has 1 saturated carbocycles. The molecular formula is C8H13F2NO3S. The summed E-state index contributed by atoms with van der Waals surface area (Å²) < 4.78 is 49.8. The van der Waals surface area contributed by atoms with Gasteiger partial charge in [0.1, 0.15) is 0 Å². The van der Waals surface area contributed by atoms with Crippen LogP contribution in [0.3, 0.4) is 0 Å². The van der Waals surface area contributed by atoms with Gasteiger partial charge in [-0.1, -0.05) is 4.47 Å². The third-order valence-corrected chi connectivity index (χ3v) is 4.60. The van der Waals surface area contributed by atoms with E-state index in [1.54, 1.807) is 0 Å². The van der Waals surface area contributed by atoms with Gasteiger partial charge in [-0.3, -0.25) is 4.84 Å². The van der Waals surface area contributed by atoms with Crippen molar-refractivity contribution in [2.45, 2.75) is 25.2 Å². The van der Waals surface area contributed by atoms with E-state index in [-0.39, 0.29) is 19.4 Å². The molecule has 4 nitrogen and oxygen atoms in total. The Hall–Kier alpha value is -0.270. The zero-order valence-corrected chi connectivity index (χ0v) is 8.97. The number of sulfonamides is 1. The number of halogens is 2. The van der Waals surface area contributed by atoms with Gasteiger partial charge in [0.2, 0.25) is 10.0 Å². The first-order valence-corrected chi connectivity index (χ1v) is 6.54. The molecule has 2 aliphatic rings. The standard InChI is InChI=1S/C8H13F2NO3S/c9-8(10)3-2-7(8)6-15(12,13)11-4-1-5-14-11/h7H,1-6H2/t7-/m1/s1. The monoisotopic (exact) mass is 241 g/mol. The minimum Gasteiger partial charge on any atom is -0.284 e. The Bertz CT molecular complexity index is 338. The van der Waals surface area contributed by atoms with Gasteiger partial charge in [0, 0.05) is 18.9 Å². The molecule has 0 aromatic carbocycles. The molecule has 0 unspecified atom stereocenters. The highest BCUT2D eigenvalue weighted by molar-refractivity contribution is 7.88. The maximum atomic E-state index is 12.9. The summed E-state index contributed by atoms with van der Waals surface area (Å²) in [5, 5.41) is 0. The highest BCUT2D eigenvalue weighted by Gasteiger charge is 2.50. The van der Waals surface area contributed by atoms with Crippen molar-refractivity contribution in [1.82, 2.24) is 4.47 Å². The van der Waals surface area contributed by atoms with Gasteiger partial charge in [-0.15, -0.1) is 0 Å². The minimum absolute atomic E-state index is 0.200. The number of hydrogen-bond acceptors (Lipinski definition) is 3. The Balaban J connectivity index is 1.98. The summed E-state index contributed by atoms with van der Waals surface area (Å²) in [6.07, 6.45) is 0.703. The zero-order chi connectivity index (χ0) is 11.1. The van der Waals surface area contributed by atoms with Gasteiger partial charge in [0.15, 0.2) is 0 Å². The molecule has 0 aromatic heterocycles. The fourth-order valence-electron chi connectivity index (χ4n) is 1.75. The zero-order valence-electron chi connectivity index (χ0n) is 8.16. The van der Waals surface area contributed by atoms with E-state index in [1.807, 2.05) is 0 Å². The van der Waals surface area contributed by atoms with Crippen molar-refractivity contribution in [2.75, 3.05) is 18.9 Å². The van der Waals surface area contributed by atoms with E-state index in [4.69, 9.17) is 4.84 Å². The van der Waals surface area contributed by atoms with Crippen molar-refractivity contribution >= 4 is 10.0 Å². The molecule has 0 amide bonds. The van der Waals surface area contributed by atoms with Crippen molar-refractivity contribution in [2.24, 2.45) is 5.92 Å². The number of nitrogens with zero attached hydrogens (tertiary/aromatic N) is 1. The number of alkyl halides is 2. The lowest BCUT2D eigenvalue weighted by Gasteiger charge is -2.36. The van der Waals surface area contributed by atoms with E-state index in [1.165, 1.54) is 0 Å². The molecule has 1 aliphatic carbocycles. The third-order valence-electron chi connectivity index (χ3n) is 2.87. The van der Waals surface area contributed by atoms with E-state index in [0.29, 0.717) is 13.0 Å². The maximum Gasteiger partial charge on any atom is 0.251 e. The molecule has 88 valence electrons. The normalized spacial score (nSPS) is 31.5. The van der Waals surface area contributed by atoms with Gasteiger partial charge in [0.25, 0.3) is 5.92 Å². The van der Waals surface area contributed by atoms with E-state index in [2.05, 4.69) is 0 Å². The summed E-state index contributed by atoms with van der Waals surface area (Å²) in [6, 6.07) is 0. The van der Waals surface area contributed by atoms with Crippen molar-refractivity contribution in [3.8, 4) is 0 Å². The average molecular weight is 241 g/mol. The smallest absolute Gasteiger partial charge is 0.251 e. The van der Waals surface area contributed by atoms with Gasteiger partial charge in [-0.2, -0.15) is 0 Å². The quantitative estimate of drug-likeness (QED) is 0.740. The Morgan fingerprint density at radius 2 is 2.20 bits per heavy atom. The molecular weight excluding hydrogens is 228 g/mol. The van der Waals surface area contributed by atoms with Crippen molar-refractivity contribution in [3.63, 3.8) is 0 Å². The summed E-state index contributed by atoms with van der Waals surface area (Å²) >= 11 is 0. The lowest BCUT2D eigenvalue weighted by molar-refractivity contribution is -0.123. The fourth-order valence-corrected chi connectivity index (χ4v) is 3.48. The number of rotatable bonds is 3. The van der Waals surface area contributed by atoms with Crippen LogP contribution in [0, 0.1) is 5.92 Å². The molecule has 1 atom stereocenters. The van der Waals surface area contributed by atoms with Crippen LogP contribution in [-0.2, 0) is 14.9 Å². The lowest BCUT2D eigenvalue weighted by atomic mass is 9.82.